The topological polar surface area (TPSA) is 56.8 Å². The highest BCUT2D eigenvalue weighted by Crippen LogP contribution is 2.28. The highest BCUT2D eigenvalue weighted by atomic mass is 16.5. The Labute approximate surface area is 120 Å². The molecular formula is C15H23NO4. The molecule has 0 fully saturated rings. The third kappa shape index (κ3) is 3.87. The Hall–Kier alpha value is -1.75. The van der Waals surface area contributed by atoms with Crippen molar-refractivity contribution in [1.82, 2.24) is 5.32 Å². The second-order valence-electron chi connectivity index (χ2n) is 4.75. The number of hydrogen-bond acceptors (Lipinski definition) is 5. The van der Waals surface area contributed by atoms with E-state index in [2.05, 4.69) is 5.32 Å². The quantitative estimate of drug-likeness (QED) is 0.774. The van der Waals surface area contributed by atoms with Gasteiger partial charge in [-0.25, -0.2) is 4.79 Å². The normalized spacial score (nSPS) is 13.4. The van der Waals surface area contributed by atoms with Crippen LogP contribution in [-0.2, 0) is 9.53 Å². The van der Waals surface area contributed by atoms with Gasteiger partial charge in [-0.2, -0.15) is 0 Å². The molecule has 0 amide bonds. The van der Waals surface area contributed by atoms with E-state index in [0.29, 0.717) is 18.1 Å². The molecule has 0 radical (unpaired) electrons. The minimum atomic E-state index is -0.897. The maximum Gasteiger partial charge on any atom is 0.329 e. The molecule has 0 aliphatic rings. The first-order chi connectivity index (χ1) is 9.46. The minimum absolute atomic E-state index is 0.155. The summed E-state index contributed by atoms with van der Waals surface area (Å²) >= 11 is 0. The van der Waals surface area contributed by atoms with Gasteiger partial charge in [0, 0.05) is 0 Å². The van der Waals surface area contributed by atoms with Crippen LogP contribution in [0.15, 0.2) is 18.2 Å². The van der Waals surface area contributed by atoms with Crippen molar-refractivity contribution in [3.05, 3.63) is 23.8 Å². The number of likely N-dealkylation sites (N-methyl/N-ethyl adjacent to an activating group) is 1. The number of ether oxygens (including phenoxy) is 3. The first-order valence-electron chi connectivity index (χ1n) is 6.60. The fourth-order valence-electron chi connectivity index (χ4n) is 1.64. The molecule has 1 atom stereocenters. The van der Waals surface area contributed by atoms with Crippen LogP contribution in [0.1, 0.15) is 19.4 Å². The summed E-state index contributed by atoms with van der Waals surface area (Å²) in [4.78, 5) is 11.9. The zero-order chi connectivity index (χ0) is 15.2. The number of rotatable bonds is 7. The lowest BCUT2D eigenvalue weighted by molar-refractivity contribution is -0.151. The zero-order valence-electron chi connectivity index (χ0n) is 12.8. The summed E-state index contributed by atoms with van der Waals surface area (Å²) in [6, 6.07) is 5.64. The Morgan fingerprint density at radius 1 is 1.35 bits per heavy atom. The first kappa shape index (κ1) is 16.3. The predicted molar refractivity (Wildman–Crippen MR) is 77.3 cm³/mol. The molecule has 0 saturated carbocycles. The van der Waals surface area contributed by atoms with Crippen LogP contribution in [0.25, 0.3) is 0 Å². The van der Waals surface area contributed by atoms with E-state index in [1.165, 1.54) is 0 Å². The Kier molecular flexibility index (Phi) is 5.82. The Bertz CT molecular complexity index is 461. The molecule has 0 saturated heterocycles. The lowest BCUT2D eigenvalue weighted by atomic mass is 10.1. The molecule has 1 N–H and O–H groups in total. The molecule has 112 valence electrons. The van der Waals surface area contributed by atoms with Crippen LogP contribution in [-0.4, -0.2) is 38.9 Å². The Balaban J connectivity index is 2.81. The van der Waals surface area contributed by atoms with E-state index < -0.39 is 5.54 Å². The molecule has 20 heavy (non-hydrogen) atoms. The highest BCUT2D eigenvalue weighted by molar-refractivity contribution is 5.80. The van der Waals surface area contributed by atoms with Crippen LogP contribution in [0.5, 0.6) is 11.5 Å². The largest absolute Gasteiger partial charge is 0.493 e. The van der Waals surface area contributed by atoms with Crippen LogP contribution in [0.3, 0.4) is 0 Å². The van der Waals surface area contributed by atoms with Gasteiger partial charge in [0.1, 0.15) is 12.1 Å². The number of nitrogens with one attached hydrogen (secondary N) is 1. The number of carbonyl (C=O) groups excluding carboxylic acids is 1. The highest BCUT2D eigenvalue weighted by Gasteiger charge is 2.34. The molecule has 5 heteroatoms. The van der Waals surface area contributed by atoms with E-state index in [4.69, 9.17) is 14.2 Å². The monoisotopic (exact) mass is 281 g/mol. The van der Waals surface area contributed by atoms with E-state index in [1.807, 2.05) is 25.1 Å². The van der Waals surface area contributed by atoms with Gasteiger partial charge in [-0.3, -0.25) is 0 Å². The van der Waals surface area contributed by atoms with E-state index in [9.17, 15) is 4.79 Å². The van der Waals surface area contributed by atoms with Crippen molar-refractivity contribution < 1.29 is 19.0 Å². The van der Waals surface area contributed by atoms with Crippen molar-refractivity contribution in [2.75, 3.05) is 27.4 Å². The summed E-state index contributed by atoms with van der Waals surface area (Å²) in [5, 5.41) is 2.94. The summed E-state index contributed by atoms with van der Waals surface area (Å²) in [7, 11) is 3.29. The van der Waals surface area contributed by atoms with Gasteiger partial charge in [0.25, 0.3) is 0 Å². The smallest absolute Gasteiger partial charge is 0.329 e. The van der Waals surface area contributed by atoms with Crippen molar-refractivity contribution in [2.45, 2.75) is 26.3 Å². The maximum atomic E-state index is 11.9. The van der Waals surface area contributed by atoms with Crippen molar-refractivity contribution in [3.63, 3.8) is 0 Å². The number of benzene rings is 1. The molecular weight excluding hydrogens is 258 g/mol. The van der Waals surface area contributed by atoms with Gasteiger partial charge < -0.3 is 19.5 Å². The number of methoxy groups -OCH3 is 1. The summed E-state index contributed by atoms with van der Waals surface area (Å²) < 4.78 is 16.0. The summed E-state index contributed by atoms with van der Waals surface area (Å²) in [6.07, 6.45) is 0. The van der Waals surface area contributed by atoms with Gasteiger partial charge in [0.15, 0.2) is 11.5 Å². The second-order valence-corrected chi connectivity index (χ2v) is 4.75. The molecule has 0 spiro atoms. The summed E-state index contributed by atoms with van der Waals surface area (Å²) in [5.41, 5.74) is 0.183. The third-order valence-electron chi connectivity index (χ3n) is 3.11. The van der Waals surface area contributed by atoms with Crippen molar-refractivity contribution >= 4 is 5.97 Å². The Morgan fingerprint density at radius 2 is 2.05 bits per heavy atom. The van der Waals surface area contributed by atoms with Gasteiger partial charge >= 0.3 is 5.97 Å². The second kappa shape index (κ2) is 7.14. The molecule has 0 heterocycles. The molecule has 1 unspecified atom stereocenters. The van der Waals surface area contributed by atoms with Crippen molar-refractivity contribution in [2.24, 2.45) is 0 Å². The average Bonchev–Trinajstić information content (AvgIpc) is 2.45. The van der Waals surface area contributed by atoms with Gasteiger partial charge in [0.2, 0.25) is 0 Å². The van der Waals surface area contributed by atoms with Gasteiger partial charge in [0.05, 0.1) is 13.7 Å². The molecule has 0 aliphatic heterocycles. The van der Waals surface area contributed by atoms with Crippen LogP contribution >= 0.6 is 0 Å². The molecule has 1 aromatic carbocycles. The number of aryl methyl sites for hydroxylation is 1. The summed E-state index contributed by atoms with van der Waals surface area (Å²) in [6.45, 7) is 5.98. The minimum Gasteiger partial charge on any atom is -0.493 e. The SMILES string of the molecule is CCOC(=O)C(C)(COc1ccc(C)cc1OC)NC. The number of esters is 1. The van der Waals surface area contributed by atoms with E-state index >= 15 is 0 Å². The van der Waals surface area contributed by atoms with Crippen molar-refractivity contribution in [3.8, 4) is 11.5 Å². The third-order valence-corrected chi connectivity index (χ3v) is 3.11. The van der Waals surface area contributed by atoms with Crippen molar-refractivity contribution in [1.29, 1.82) is 0 Å². The molecule has 5 nitrogen and oxygen atoms in total. The fourth-order valence-corrected chi connectivity index (χ4v) is 1.64. The molecule has 0 aliphatic carbocycles. The van der Waals surface area contributed by atoms with Crippen LogP contribution in [0.4, 0.5) is 0 Å². The maximum absolute atomic E-state index is 11.9. The van der Waals surface area contributed by atoms with Crippen LogP contribution in [0.2, 0.25) is 0 Å². The lowest BCUT2D eigenvalue weighted by Gasteiger charge is -2.27. The Morgan fingerprint density at radius 3 is 2.60 bits per heavy atom. The molecule has 0 aromatic heterocycles. The number of hydrogen-bond donors (Lipinski definition) is 1. The average molecular weight is 281 g/mol. The zero-order valence-corrected chi connectivity index (χ0v) is 12.8. The molecule has 0 bridgehead atoms. The molecule has 1 aromatic rings. The lowest BCUT2D eigenvalue weighted by Crippen LogP contribution is -2.53. The van der Waals surface area contributed by atoms with Gasteiger partial charge in [-0.05, 0) is 45.5 Å². The molecule has 1 rings (SSSR count). The standard InChI is InChI=1S/C15H23NO4/c1-6-19-14(17)15(3,16-4)10-20-12-8-7-11(2)9-13(12)18-5/h7-9,16H,6,10H2,1-5H3. The number of carbonyl (C=O) groups is 1. The van der Waals surface area contributed by atoms with Gasteiger partial charge in [-0.1, -0.05) is 6.07 Å². The van der Waals surface area contributed by atoms with Gasteiger partial charge in [-0.15, -0.1) is 0 Å². The fraction of sp³-hybridized carbons (Fsp3) is 0.533. The van der Waals surface area contributed by atoms with E-state index in [0.717, 1.165) is 5.56 Å². The van der Waals surface area contributed by atoms with E-state index in [1.54, 1.807) is 28.0 Å². The van der Waals surface area contributed by atoms with Crippen LogP contribution < -0.4 is 14.8 Å². The van der Waals surface area contributed by atoms with E-state index in [-0.39, 0.29) is 12.6 Å². The summed E-state index contributed by atoms with van der Waals surface area (Å²) in [5.74, 6) is 0.907. The first-order valence-corrected chi connectivity index (χ1v) is 6.60. The predicted octanol–water partition coefficient (Wildman–Crippen LogP) is 1.92. The van der Waals surface area contributed by atoms with Crippen LogP contribution in [0, 0.1) is 6.92 Å².